The third-order valence-corrected chi connectivity index (χ3v) is 7.39. The lowest BCUT2D eigenvalue weighted by molar-refractivity contribution is -0.116. The molecular formula is C27H34N4O2. The fraction of sp³-hybridized carbons (Fsp3) is 0.481. The molecule has 6 nitrogen and oxygen atoms in total. The molecule has 5 rings (SSSR count). The van der Waals surface area contributed by atoms with E-state index in [1.54, 1.807) is 0 Å². The van der Waals surface area contributed by atoms with Crippen molar-refractivity contribution in [3.05, 3.63) is 65.2 Å². The Balaban J connectivity index is 1.15. The van der Waals surface area contributed by atoms with Crippen LogP contribution in [0.3, 0.4) is 0 Å². The highest BCUT2D eigenvalue weighted by Gasteiger charge is 2.27. The molecule has 1 unspecified atom stereocenters. The predicted octanol–water partition coefficient (Wildman–Crippen LogP) is 3.56. The first-order valence-electron chi connectivity index (χ1n) is 12.4. The maximum absolute atomic E-state index is 13.1. The number of carbonyl (C=O) groups is 2. The van der Waals surface area contributed by atoms with Crippen LogP contribution in [-0.2, 0) is 11.2 Å². The molecule has 3 heterocycles. The molecular weight excluding hydrogens is 412 g/mol. The Hall–Kier alpha value is -2.70. The number of nitrogens with one attached hydrogen (secondary N) is 1. The van der Waals surface area contributed by atoms with Crippen LogP contribution in [0, 0.1) is 0 Å². The number of carbonyl (C=O) groups excluding carboxylic acids is 2. The van der Waals surface area contributed by atoms with Crippen LogP contribution in [0.4, 0.5) is 5.69 Å². The van der Waals surface area contributed by atoms with E-state index in [0.29, 0.717) is 18.9 Å². The molecule has 6 heteroatoms. The Morgan fingerprint density at radius 1 is 0.909 bits per heavy atom. The van der Waals surface area contributed by atoms with Crippen LogP contribution in [0.1, 0.15) is 53.2 Å². The molecule has 0 radical (unpaired) electrons. The molecule has 3 aliphatic rings. The van der Waals surface area contributed by atoms with Crippen molar-refractivity contribution in [3.8, 4) is 0 Å². The third kappa shape index (κ3) is 5.12. The van der Waals surface area contributed by atoms with Crippen molar-refractivity contribution in [2.75, 3.05) is 51.1 Å². The second-order valence-electron chi connectivity index (χ2n) is 9.51. The highest BCUT2D eigenvalue weighted by atomic mass is 16.2. The summed E-state index contributed by atoms with van der Waals surface area (Å²) in [7, 11) is 0. The van der Waals surface area contributed by atoms with Crippen molar-refractivity contribution in [2.45, 2.75) is 38.1 Å². The first kappa shape index (κ1) is 22.1. The third-order valence-electron chi connectivity index (χ3n) is 7.39. The second kappa shape index (κ2) is 10.1. The van der Waals surface area contributed by atoms with Gasteiger partial charge >= 0.3 is 0 Å². The number of hydrogen-bond acceptors (Lipinski definition) is 4. The quantitative estimate of drug-likeness (QED) is 0.737. The van der Waals surface area contributed by atoms with E-state index in [2.05, 4.69) is 45.4 Å². The lowest BCUT2D eigenvalue weighted by Gasteiger charge is -2.36. The summed E-state index contributed by atoms with van der Waals surface area (Å²) in [6, 6.07) is 17.1. The number of benzene rings is 2. The van der Waals surface area contributed by atoms with Crippen molar-refractivity contribution in [1.82, 2.24) is 14.7 Å². The number of amides is 2. The lowest BCUT2D eigenvalue weighted by atomic mass is 9.99. The molecule has 1 atom stereocenters. The minimum atomic E-state index is 0.0527. The van der Waals surface area contributed by atoms with Crippen molar-refractivity contribution in [1.29, 1.82) is 0 Å². The van der Waals surface area contributed by atoms with Gasteiger partial charge in [0.15, 0.2) is 0 Å². The van der Waals surface area contributed by atoms with Crippen LogP contribution >= 0.6 is 0 Å². The van der Waals surface area contributed by atoms with Crippen molar-refractivity contribution >= 4 is 17.5 Å². The molecule has 0 spiro atoms. The molecule has 174 valence electrons. The van der Waals surface area contributed by atoms with Gasteiger partial charge in [-0.2, -0.15) is 0 Å². The molecule has 0 saturated carbocycles. The molecule has 0 aromatic heterocycles. The maximum Gasteiger partial charge on any atom is 0.253 e. The molecule has 2 saturated heterocycles. The molecule has 1 N–H and O–H groups in total. The van der Waals surface area contributed by atoms with E-state index in [9.17, 15) is 9.59 Å². The van der Waals surface area contributed by atoms with E-state index in [0.717, 1.165) is 56.0 Å². The smallest absolute Gasteiger partial charge is 0.253 e. The molecule has 2 fully saturated rings. The number of nitrogens with zero attached hydrogens (tertiary/aromatic N) is 3. The number of hydrogen-bond donors (Lipinski definition) is 1. The molecule has 33 heavy (non-hydrogen) atoms. The number of piperazine rings is 1. The zero-order valence-corrected chi connectivity index (χ0v) is 19.3. The van der Waals surface area contributed by atoms with E-state index in [1.165, 1.54) is 31.5 Å². The summed E-state index contributed by atoms with van der Waals surface area (Å²) in [5.74, 6) is 0.158. The Morgan fingerprint density at radius 2 is 1.67 bits per heavy atom. The molecule has 0 aliphatic carbocycles. The van der Waals surface area contributed by atoms with Crippen LogP contribution in [0.25, 0.3) is 0 Å². The fourth-order valence-corrected chi connectivity index (χ4v) is 5.47. The topological polar surface area (TPSA) is 55.9 Å². The fourth-order valence-electron chi connectivity index (χ4n) is 5.47. The SMILES string of the molecule is O=C1CCc2cc(C(=O)N3CCN(CCC(c4ccccc4)N4CCCC4)CC3)ccc2N1. The van der Waals surface area contributed by atoms with Gasteiger partial charge in [-0.3, -0.25) is 19.4 Å². The van der Waals surface area contributed by atoms with Crippen LogP contribution in [0.5, 0.6) is 0 Å². The van der Waals surface area contributed by atoms with Gasteiger partial charge in [-0.15, -0.1) is 0 Å². The highest BCUT2D eigenvalue weighted by Crippen LogP contribution is 2.29. The molecule has 3 aliphatic heterocycles. The summed E-state index contributed by atoms with van der Waals surface area (Å²) in [5, 5.41) is 2.89. The minimum Gasteiger partial charge on any atom is -0.336 e. The zero-order chi connectivity index (χ0) is 22.6. The standard InChI is InChI=1S/C27H34N4O2/c32-26-11-9-22-20-23(8-10-24(22)28-26)27(33)31-18-16-29(17-19-31)15-12-25(30-13-4-5-14-30)21-6-2-1-3-7-21/h1-3,6-8,10,20,25H,4-5,9,11-19H2,(H,28,32). The summed E-state index contributed by atoms with van der Waals surface area (Å²) < 4.78 is 0. The largest absolute Gasteiger partial charge is 0.336 e. The van der Waals surface area contributed by atoms with Gasteiger partial charge in [0.2, 0.25) is 5.91 Å². The van der Waals surface area contributed by atoms with Crippen LogP contribution in [-0.4, -0.2) is 72.3 Å². The zero-order valence-electron chi connectivity index (χ0n) is 19.3. The summed E-state index contributed by atoms with van der Waals surface area (Å²) in [5.41, 5.74) is 4.07. The first-order valence-corrected chi connectivity index (χ1v) is 12.4. The second-order valence-corrected chi connectivity index (χ2v) is 9.51. The summed E-state index contributed by atoms with van der Waals surface area (Å²) >= 11 is 0. The highest BCUT2D eigenvalue weighted by molar-refractivity contribution is 5.98. The van der Waals surface area contributed by atoms with E-state index in [4.69, 9.17) is 0 Å². The van der Waals surface area contributed by atoms with Crippen molar-refractivity contribution < 1.29 is 9.59 Å². The van der Waals surface area contributed by atoms with Gasteiger partial charge in [0.05, 0.1) is 0 Å². The molecule has 0 bridgehead atoms. The monoisotopic (exact) mass is 446 g/mol. The van der Waals surface area contributed by atoms with Crippen LogP contribution in [0.15, 0.2) is 48.5 Å². The van der Waals surface area contributed by atoms with E-state index < -0.39 is 0 Å². The van der Waals surface area contributed by atoms with Crippen LogP contribution < -0.4 is 5.32 Å². The van der Waals surface area contributed by atoms with Crippen molar-refractivity contribution in [3.63, 3.8) is 0 Å². The average molecular weight is 447 g/mol. The first-order chi connectivity index (χ1) is 16.2. The van der Waals surface area contributed by atoms with Gasteiger partial charge in [0.25, 0.3) is 5.91 Å². The molecule has 2 aromatic rings. The van der Waals surface area contributed by atoms with E-state index in [-0.39, 0.29) is 11.8 Å². The summed E-state index contributed by atoms with van der Waals surface area (Å²) in [6.07, 6.45) is 4.94. The number of anilines is 1. The Labute approximate surface area is 196 Å². The minimum absolute atomic E-state index is 0.0527. The summed E-state index contributed by atoms with van der Waals surface area (Å²) in [4.78, 5) is 31.8. The van der Waals surface area contributed by atoms with Gasteiger partial charge in [0.1, 0.15) is 0 Å². The number of likely N-dealkylation sites (tertiary alicyclic amines) is 1. The van der Waals surface area contributed by atoms with Gasteiger partial charge in [-0.25, -0.2) is 0 Å². The van der Waals surface area contributed by atoms with Gasteiger partial charge in [0, 0.05) is 56.4 Å². The lowest BCUT2D eigenvalue weighted by Crippen LogP contribution is -2.49. The maximum atomic E-state index is 13.1. The van der Waals surface area contributed by atoms with E-state index in [1.807, 2.05) is 23.1 Å². The van der Waals surface area contributed by atoms with E-state index >= 15 is 0 Å². The molecule has 2 aromatic carbocycles. The number of aryl methyl sites for hydroxylation is 1. The molecule has 2 amide bonds. The Morgan fingerprint density at radius 3 is 2.42 bits per heavy atom. The average Bonchev–Trinajstić information content (AvgIpc) is 3.39. The Kier molecular flexibility index (Phi) is 6.74. The van der Waals surface area contributed by atoms with Gasteiger partial charge in [-0.1, -0.05) is 30.3 Å². The van der Waals surface area contributed by atoms with Crippen molar-refractivity contribution in [2.24, 2.45) is 0 Å². The predicted molar refractivity (Wildman–Crippen MR) is 130 cm³/mol. The van der Waals surface area contributed by atoms with Crippen LogP contribution in [0.2, 0.25) is 0 Å². The Bertz CT molecular complexity index is 979. The summed E-state index contributed by atoms with van der Waals surface area (Å²) in [6.45, 7) is 6.86. The normalized spacial score (nSPS) is 20.4. The number of fused-ring (bicyclic) bond motifs is 1. The van der Waals surface area contributed by atoms with Gasteiger partial charge < -0.3 is 10.2 Å². The van der Waals surface area contributed by atoms with Gasteiger partial charge in [-0.05, 0) is 68.1 Å². The number of rotatable bonds is 6.